The van der Waals surface area contributed by atoms with Gasteiger partial charge < -0.3 is 15.5 Å². The highest BCUT2D eigenvalue weighted by molar-refractivity contribution is 6.06. The molecule has 1 aromatic carbocycles. The Balaban J connectivity index is 1.24. The van der Waals surface area contributed by atoms with Gasteiger partial charge in [0.15, 0.2) is 0 Å². The quantitative estimate of drug-likeness (QED) is 0.447. The third kappa shape index (κ3) is 3.38. The van der Waals surface area contributed by atoms with Crippen molar-refractivity contribution in [2.75, 3.05) is 32.5 Å². The van der Waals surface area contributed by atoms with E-state index in [2.05, 4.69) is 45.6 Å². The summed E-state index contributed by atoms with van der Waals surface area (Å²) >= 11 is 0. The number of hydrogen-bond acceptors (Lipinski definition) is 6. The summed E-state index contributed by atoms with van der Waals surface area (Å²) in [6, 6.07) is 11.0. The normalized spacial score (nSPS) is 18.8. The van der Waals surface area contributed by atoms with Crippen molar-refractivity contribution in [3.63, 3.8) is 0 Å². The Labute approximate surface area is 214 Å². The molecule has 3 aliphatic rings. The molecule has 7 rings (SSSR count). The lowest BCUT2D eigenvalue weighted by molar-refractivity contribution is 0.0576. The van der Waals surface area contributed by atoms with E-state index in [-0.39, 0.29) is 17.3 Å². The molecule has 0 radical (unpaired) electrons. The molecule has 1 spiro atoms. The van der Waals surface area contributed by atoms with Gasteiger partial charge in [-0.05, 0) is 69.4 Å². The van der Waals surface area contributed by atoms with Gasteiger partial charge in [-0.1, -0.05) is 12.1 Å². The maximum absolute atomic E-state index is 13.7. The van der Waals surface area contributed by atoms with Crippen LogP contribution in [0.2, 0.25) is 0 Å². The molecule has 3 aliphatic heterocycles. The number of carbonyl (C=O) groups excluding carboxylic acids is 1. The van der Waals surface area contributed by atoms with Gasteiger partial charge in [0.2, 0.25) is 0 Å². The Morgan fingerprint density at radius 3 is 2.78 bits per heavy atom. The van der Waals surface area contributed by atoms with Crippen LogP contribution in [0.25, 0.3) is 16.9 Å². The number of aromatic nitrogens is 3. The molecule has 0 atom stereocenters. The minimum absolute atomic E-state index is 0.0626. The number of likely N-dealkylation sites (tertiary alicyclic amines) is 1. The molecular weight excluding hydrogens is 469 g/mol. The van der Waals surface area contributed by atoms with Crippen molar-refractivity contribution in [3.8, 4) is 11.3 Å². The van der Waals surface area contributed by atoms with Gasteiger partial charge in [-0.25, -0.2) is 14.4 Å². The number of imidazole rings is 1. The van der Waals surface area contributed by atoms with Crippen molar-refractivity contribution in [1.82, 2.24) is 29.5 Å². The summed E-state index contributed by atoms with van der Waals surface area (Å²) in [5.41, 5.74) is 6.96. The van der Waals surface area contributed by atoms with Crippen LogP contribution in [-0.4, -0.2) is 57.3 Å². The number of fused-ring (bicyclic) bond motifs is 4. The second kappa shape index (κ2) is 8.09. The molecule has 37 heavy (non-hydrogen) atoms. The zero-order valence-corrected chi connectivity index (χ0v) is 20.9. The molecule has 3 aromatic heterocycles. The number of rotatable bonds is 3. The van der Waals surface area contributed by atoms with E-state index >= 15 is 0 Å². The van der Waals surface area contributed by atoms with E-state index in [9.17, 15) is 9.18 Å². The number of anilines is 2. The van der Waals surface area contributed by atoms with Gasteiger partial charge in [-0.2, -0.15) is 0 Å². The van der Waals surface area contributed by atoms with Crippen molar-refractivity contribution in [1.29, 1.82) is 0 Å². The highest BCUT2D eigenvalue weighted by Gasteiger charge is 2.45. The van der Waals surface area contributed by atoms with E-state index in [1.807, 2.05) is 22.6 Å². The number of nitrogens with zero attached hydrogens (tertiary/aromatic N) is 5. The molecule has 0 unspecified atom stereocenters. The highest BCUT2D eigenvalue weighted by Crippen LogP contribution is 2.45. The SMILES string of the molecule is CN1CCC2(CC1)c1ccc(Nc3ccc(-c4cnc5cc(F)ccn45)c4c3C(=O)NC4)nc1CN2C. The molecule has 188 valence electrons. The van der Waals surface area contributed by atoms with Crippen LogP contribution in [0, 0.1) is 5.82 Å². The molecule has 4 aromatic rings. The first-order valence-electron chi connectivity index (χ1n) is 12.7. The summed E-state index contributed by atoms with van der Waals surface area (Å²) in [5.74, 6) is 0.281. The largest absolute Gasteiger partial charge is 0.348 e. The van der Waals surface area contributed by atoms with Crippen LogP contribution in [0.15, 0.2) is 48.8 Å². The summed E-state index contributed by atoms with van der Waals surface area (Å²) < 4.78 is 15.5. The lowest BCUT2D eigenvalue weighted by Crippen LogP contribution is -2.47. The molecular formula is C28H28FN7O. The zero-order chi connectivity index (χ0) is 25.3. The van der Waals surface area contributed by atoms with Crippen molar-refractivity contribution in [2.45, 2.75) is 31.5 Å². The standard InChI is InChI=1S/C28H28FN7O/c1-34-11-8-28(9-12-34)20-4-6-24(33-22(20)16-35(28)2)32-21-5-3-18(19-14-31-27(37)26(19)21)23-15-30-25-13-17(29)7-10-36(23)25/h3-7,10,13,15H,8-9,11-12,14,16H2,1-2H3,(H,31,37)(H,32,33). The maximum atomic E-state index is 13.7. The van der Waals surface area contributed by atoms with Gasteiger partial charge in [0, 0.05) is 30.9 Å². The molecule has 0 saturated carbocycles. The van der Waals surface area contributed by atoms with Crippen LogP contribution in [0.5, 0.6) is 0 Å². The number of amides is 1. The Morgan fingerprint density at radius 2 is 1.95 bits per heavy atom. The van der Waals surface area contributed by atoms with Gasteiger partial charge in [0.25, 0.3) is 5.91 Å². The monoisotopic (exact) mass is 497 g/mol. The average Bonchev–Trinajstić information content (AvgIpc) is 3.55. The van der Waals surface area contributed by atoms with E-state index < -0.39 is 0 Å². The highest BCUT2D eigenvalue weighted by atomic mass is 19.1. The Hall–Kier alpha value is -3.82. The number of carbonyl (C=O) groups is 1. The fourth-order valence-corrected chi connectivity index (χ4v) is 6.32. The Kier molecular flexibility index (Phi) is 4.90. The molecule has 0 aliphatic carbocycles. The van der Waals surface area contributed by atoms with Crippen molar-refractivity contribution in [3.05, 3.63) is 77.0 Å². The van der Waals surface area contributed by atoms with Crippen LogP contribution in [0.3, 0.4) is 0 Å². The van der Waals surface area contributed by atoms with E-state index in [1.165, 1.54) is 17.7 Å². The van der Waals surface area contributed by atoms with E-state index in [4.69, 9.17) is 4.98 Å². The van der Waals surface area contributed by atoms with E-state index in [1.54, 1.807) is 12.4 Å². The summed E-state index contributed by atoms with van der Waals surface area (Å²) in [6.45, 7) is 3.41. The molecule has 8 nitrogen and oxygen atoms in total. The molecule has 9 heteroatoms. The topological polar surface area (TPSA) is 77.8 Å². The Bertz CT molecular complexity index is 1570. The second-order valence-corrected chi connectivity index (χ2v) is 10.4. The van der Waals surface area contributed by atoms with Crippen molar-refractivity contribution in [2.24, 2.45) is 0 Å². The fourth-order valence-electron chi connectivity index (χ4n) is 6.32. The summed E-state index contributed by atoms with van der Waals surface area (Å²) in [4.78, 5) is 27.1. The minimum Gasteiger partial charge on any atom is -0.348 e. The van der Waals surface area contributed by atoms with Gasteiger partial charge in [-0.15, -0.1) is 0 Å². The third-order valence-electron chi connectivity index (χ3n) is 8.39. The number of benzene rings is 1. The predicted molar refractivity (Wildman–Crippen MR) is 139 cm³/mol. The number of halogens is 1. The predicted octanol–water partition coefficient (Wildman–Crippen LogP) is 3.89. The van der Waals surface area contributed by atoms with Gasteiger partial charge in [0.1, 0.15) is 17.3 Å². The maximum Gasteiger partial charge on any atom is 0.254 e. The first-order chi connectivity index (χ1) is 17.9. The number of nitrogens with one attached hydrogen (secondary N) is 2. The number of piperidine rings is 1. The summed E-state index contributed by atoms with van der Waals surface area (Å²) in [7, 11) is 4.38. The number of hydrogen-bond donors (Lipinski definition) is 2. The molecule has 1 fully saturated rings. The first kappa shape index (κ1) is 22.4. The third-order valence-corrected chi connectivity index (χ3v) is 8.39. The lowest BCUT2D eigenvalue weighted by atomic mass is 9.82. The lowest BCUT2D eigenvalue weighted by Gasteiger charge is -2.43. The van der Waals surface area contributed by atoms with Crippen molar-refractivity contribution >= 4 is 23.1 Å². The first-order valence-corrected chi connectivity index (χ1v) is 12.7. The fraction of sp³-hybridized carbons (Fsp3) is 0.321. The van der Waals surface area contributed by atoms with Crippen LogP contribution in [0.4, 0.5) is 15.9 Å². The van der Waals surface area contributed by atoms with Crippen LogP contribution in [0.1, 0.15) is 40.0 Å². The zero-order valence-electron chi connectivity index (χ0n) is 20.9. The van der Waals surface area contributed by atoms with Crippen LogP contribution < -0.4 is 10.6 Å². The Morgan fingerprint density at radius 1 is 1.11 bits per heavy atom. The molecule has 2 N–H and O–H groups in total. The van der Waals surface area contributed by atoms with Crippen LogP contribution >= 0.6 is 0 Å². The number of pyridine rings is 2. The van der Waals surface area contributed by atoms with Gasteiger partial charge >= 0.3 is 0 Å². The van der Waals surface area contributed by atoms with Gasteiger partial charge in [-0.3, -0.25) is 14.1 Å². The summed E-state index contributed by atoms with van der Waals surface area (Å²) in [5, 5.41) is 6.38. The van der Waals surface area contributed by atoms with Crippen LogP contribution in [-0.2, 0) is 18.6 Å². The molecule has 6 heterocycles. The van der Waals surface area contributed by atoms with E-state index in [0.717, 1.165) is 66.5 Å². The van der Waals surface area contributed by atoms with Crippen molar-refractivity contribution < 1.29 is 9.18 Å². The van der Waals surface area contributed by atoms with E-state index in [0.29, 0.717) is 17.8 Å². The summed E-state index contributed by atoms with van der Waals surface area (Å²) in [6.07, 6.45) is 5.59. The average molecular weight is 498 g/mol. The molecule has 0 bridgehead atoms. The molecule has 1 saturated heterocycles. The second-order valence-electron chi connectivity index (χ2n) is 10.4. The smallest absolute Gasteiger partial charge is 0.254 e. The van der Waals surface area contributed by atoms with Gasteiger partial charge in [0.05, 0.1) is 34.4 Å². The molecule has 1 amide bonds. The minimum atomic E-state index is -0.332.